The van der Waals surface area contributed by atoms with Gasteiger partial charge in [-0.15, -0.1) is 0 Å². The molecule has 6 nitrogen and oxygen atoms in total. The molecular weight excluding hydrogens is 350 g/mol. The fourth-order valence-electron chi connectivity index (χ4n) is 3.95. The van der Waals surface area contributed by atoms with Crippen molar-refractivity contribution in [2.75, 3.05) is 37.6 Å². The first-order valence-corrected chi connectivity index (χ1v) is 11.0. The van der Waals surface area contributed by atoms with Crippen LogP contribution in [0.25, 0.3) is 0 Å². The molecule has 0 saturated carbocycles. The van der Waals surface area contributed by atoms with Crippen molar-refractivity contribution in [1.29, 1.82) is 0 Å². The van der Waals surface area contributed by atoms with Gasteiger partial charge in [0, 0.05) is 32.2 Å². The maximum absolute atomic E-state index is 12.5. The average Bonchev–Trinajstić information content (AvgIpc) is 3.02. The molecule has 0 bridgehead atoms. The van der Waals surface area contributed by atoms with E-state index in [-0.39, 0.29) is 10.8 Å². The van der Waals surface area contributed by atoms with E-state index in [0.717, 1.165) is 43.2 Å². The fourth-order valence-corrected chi connectivity index (χ4v) is 5.08. The van der Waals surface area contributed by atoms with Gasteiger partial charge in [0.05, 0.1) is 4.90 Å². The van der Waals surface area contributed by atoms with E-state index in [1.54, 1.807) is 23.1 Å². The number of piperidine rings is 1. The van der Waals surface area contributed by atoms with Crippen LogP contribution in [0.4, 0.5) is 5.69 Å². The SMILES string of the molecule is CC(=O)N1CCc2cc(S(=O)(=O)NCCCN3CCCC(C)C3)ccc21. The average molecular weight is 380 g/mol. The number of hydrogen-bond acceptors (Lipinski definition) is 4. The largest absolute Gasteiger partial charge is 0.312 e. The second kappa shape index (κ2) is 8.06. The van der Waals surface area contributed by atoms with Crippen LogP contribution in [0.3, 0.4) is 0 Å². The maximum Gasteiger partial charge on any atom is 0.240 e. The van der Waals surface area contributed by atoms with Crippen LogP contribution in [0.1, 0.15) is 38.7 Å². The Kier molecular flexibility index (Phi) is 5.99. The predicted octanol–water partition coefficient (Wildman–Crippen LogP) is 2.00. The number of nitrogens with zero attached hydrogens (tertiary/aromatic N) is 2. The Labute approximate surface area is 156 Å². The Morgan fingerprint density at radius 3 is 2.85 bits per heavy atom. The molecule has 2 heterocycles. The minimum absolute atomic E-state index is 0.00971. The standard InChI is InChI=1S/C19H29N3O3S/c1-15-5-3-10-21(14-15)11-4-9-20-26(24,25)18-6-7-19-17(13-18)8-12-22(19)16(2)23/h6-7,13,15,20H,3-5,8-12,14H2,1-2H3. The first-order chi connectivity index (χ1) is 12.4. The highest BCUT2D eigenvalue weighted by molar-refractivity contribution is 7.89. The van der Waals surface area contributed by atoms with Gasteiger partial charge >= 0.3 is 0 Å². The van der Waals surface area contributed by atoms with Gasteiger partial charge < -0.3 is 9.80 Å². The van der Waals surface area contributed by atoms with E-state index in [1.165, 1.54) is 19.8 Å². The molecule has 1 amide bonds. The van der Waals surface area contributed by atoms with Gasteiger partial charge in [0.2, 0.25) is 15.9 Å². The number of hydrogen-bond donors (Lipinski definition) is 1. The first-order valence-electron chi connectivity index (χ1n) is 9.50. The molecule has 1 unspecified atom stereocenters. The Balaban J connectivity index is 1.54. The molecule has 1 fully saturated rings. The van der Waals surface area contributed by atoms with Crippen LogP contribution >= 0.6 is 0 Å². The lowest BCUT2D eigenvalue weighted by Crippen LogP contribution is -2.36. The van der Waals surface area contributed by atoms with Gasteiger partial charge in [-0.05, 0) is 68.5 Å². The second-order valence-electron chi connectivity index (χ2n) is 7.51. The van der Waals surface area contributed by atoms with E-state index in [0.29, 0.717) is 19.5 Å². The van der Waals surface area contributed by atoms with Gasteiger partial charge in [0.1, 0.15) is 0 Å². The zero-order valence-corrected chi connectivity index (χ0v) is 16.5. The summed E-state index contributed by atoms with van der Waals surface area (Å²) >= 11 is 0. The van der Waals surface area contributed by atoms with E-state index >= 15 is 0 Å². The van der Waals surface area contributed by atoms with E-state index in [4.69, 9.17) is 0 Å². The van der Waals surface area contributed by atoms with Crippen LogP contribution in [-0.4, -0.2) is 51.9 Å². The summed E-state index contributed by atoms with van der Waals surface area (Å²) in [5.41, 5.74) is 1.75. The van der Waals surface area contributed by atoms with Gasteiger partial charge in [0.15, 0.2) is 0 Å². The van der Waals surface area contributed by atoms with Crippen molar-refractivity contribution in [3.8, 4) is 0 Å². The third kappa shape index (κ3) is 4.45. The number of rotatable bonds is 6. The van der Waals surface area contributed by atoms with Crippen molar-refractivity contribution >= 4 is 21.6 Å². The van der Waals surface area contributed by atoms with Gasteiger partial charge in [-0.25, -0.2) is 13.1 Å². The van der Waals surface area contributed by atoms with E-state index in [9.17, 15) is 13.2 Å². The van der Waals surface area contributed by atoms with Crippen LogP contribution in [0.15, 0.2) is 23.1 Å². The number of carbonyl (C=O) groups excluding carboxylic acids is 1. The molecule has 7 heteroatoms. The number of fused-ring (bicyclic) bond motifs is 1. The van der Waals surface area contributed by atoms with E-state index in [2.05, 4.69) is 16.5 Å². The van der Waals surface area contributed by atoms with Crippen molar-refractivity contribution in [3.63, 3.8) is 0 Å². The molecule has 26 heavy (non-hydrogen) atoms. The molecule has 3 rings (SSSR count). The molecular formula is C19H29N3O3S. The molecule has 1 N–H and O–H groups in total. The molecule has 144 valence electrons. The monoisotopic (exact) mass is 379 g/mol. The summed E-state index contributed by atoms with van der Waals surface area (Å²) in [5, 5.41) is 0. The molecule has 0 aromatic heterocycles. The minimum Gasteiger partial charge on any atom is -0.312 e. The molecule has 0 spiro atoms. The number of sulfonamides is 1. The fraction of sp³-hybridized carbons (Fsp3) is 0.632. The molecule has 1 atom stereocenters. The van der Waals surface area contributed by atoms with Gasteiger partial charge in [0.25, 0.3) is 0 Å². The summed E-state index contributed by atoms with van der Waals surface area (Å²) < 4.78 is 27.8. The van der Waals surface area contributed by atoms with Crippen molar-refractivity contribution < 1.29 is 13.2 Å². The van der Waals surface area contributed by atoms with Gasteiger partial charge in [-0.2, -0.15) is 0 Å². The van der Waals surface area contributed by atoms with Crippen molar-refractivity contribution in [2.45, 2.75) is 44.4 Å². The maximum atomic E-state index is 12.5. The highest BCUT2D eigenvalue weighted by Gasteiger charge is 2.24. The van der Waals surface area contributed by atoms with Crippen molar-refractivity contribution in [3.05, 3.63) is 23.8 Å². The number of anilines is 1. The van der Waals surface area contributed by atoms with Crippen molar-refractivity contribution in [1.82, 2.24) is 9.62 Å². The van der Waals surface area contributed by atoms with Gasteiger partial charge in [-0.3, -0.25) is 4.79 Å². The third-order valence-electron chi connectivity index (χ3n) is 5.32. The zero-order valence-electron chi connectivity index (χ0n) is 15.7. The highest BCUT2D eigenvalue weighted by Crippen LogP contribution is 2.30. The summed E-state index contributed by atoms with van der Waals surface area (Å²) in [6, 6.07) is 5.04. The normalized spacial score (nSPS) is 21.0. The third-order valence-corrected chi connectivity index (χ3v) is 6.78. The Hall–Kier alpha value is -1.44. The summed E-state index contributed by atoms with van der Waals surface area (Å²) in [4.78, 5) is 16.0. The number of likely N-dealkylation sites (tertiary alicyclic amines) is 1. The van der Waals surface area contributed by atoms with Crippen LogP contribution in [0.2, 0.25) is 0 Å². The Morgan fingerprint density at radius 2 is 2.12 bits per heavy atom. The molecule has 1 aromatic carbocycles. The molecule has 1 aromatic rings. The van der Waals surface area contributed by atoms with E-state index in [1.807, 2.05) is 0 Å². The number of amides is 1. The highest BCUT2D eigenvalue weighted by atomic mass is 32.2. The smallest absolute Gasteiger partial charge is 0.240 e. The molecule has 2 aliphatic heterocycles. The van der Waals surface area contributed by atoms with Gasteiger partial charge in [-0.1, -0.05) is 6.92 Å². The summed E-state index contributed by atoms with van der Waals surface area (Å²) in [6.45, 7) is 8.05. The quantitative estimate of drug-likeness (QED) is 0.768. The van der Waals surface area contributed by atoms with Crippen molar-refractivity contribution in [2.24, 2.45) is 5.92 Å². The molecule has 0 radical (unpaired) electrons. The van der Waals surface area contributed by atoms with Crippen LogP contribution in [-0.2, 0) is 21.2 Å². The molecule has 1 saturated heterocycles. The lowest BCUT2D eigenvalue weighted by atomic mass is 10.0. The number of carbonyl (C=O) groups is 1. The lowest BCUT2D eigenvalue weighted by Gasteiger charge is -2.30. The van der Waals surface area contributed by atoms with Crippen LogP contribution in [0, 0.1) is 5.92 Å². The molecule has 0 aliphatic carbocycles. The zero-order chi connectivity index (χ0) is 18.7. The van der Waals surface area contributed by atoms with E-state index < -0.39 is 10.0 Å². The molecule has 2 aliphatic rings. The Bertz CT molecular complexity index is 763. The minimum atomic E-state index is -3.51. The van der Waals surface area contributed by atoms with Crippen LogP contribution in [0.5, 0.6) is 0 Å². The Morgan fingerprint density at radius 1 is 1.31 bits per heavy atom. The first kappa shape index (κ1) is 19.3. The second-order valence-corrected chi connectivity index (χ2v) is 9.28. The summed E-state index contributed by atoms with van der Waals surface area (Å²) in [5.74, 6) is 0.728. The number of benzene rings is 1. The topological polar surface area (TPSA) is 69.7 Å². The summed E-state index contributed by atoms with van der Waals surface area (Å²) in [6.07, 6.45) is 4.04. The number of nitrogens with one attached hydrogen (secondary N) is 1. The van der Waals surface area contributed by atoms with Crippen LogP contribution < -0.4 is 9.62 Å². The lowest BCUT2D eigenvalue weighted by molar-refractivity contribution is -0.116. The predicted molar refractivity (Wildman–Crippen MR) is 103 cm³/mol. The summed E-state index contributed by atoms with van der Waals surface area (Å²) in [7, 11) is -3.51.